The van der Waals surface area contributed by atoms with E-state index in [0.29, 0.717) is 23.9 Å². The van der Waals surface area contributed by atoms with Crippen LogP contribution < -0.4 is 5.32 Å². The van der Waals surface area contributed by atoms with Gasteiger partial charge in [-0.25, -0.2) is 18.4 Å². The third-order valence-corrected chi connectivity index (χ3v) is 6.40. The summed E-state index contributed by atoms with van der Waals surface area (Å²) in [5.74, 6) is -1.55. The molecule has 0 bridgehead atoms. The number of nitrogens with zero attached hydrogens (tertiary/aromatic N) is 4. The standard InChI is InChI=1S/C16H19N5O5S2/c1-28(25,26)21-6-4-20(5-7-21)14(23)8-12-10-27-16(18-12)19-15(24)11-2-3-13(22)17-9-11/h2-3,9-11H,4-8H2,1H3,(H,18,19,24). The number of hydrogen-bond donors (Lipinski definition) is 1. The number of amides is 3. The zero-order valence-electron chi connectivity index (χ0n) is 15.1. The molecule has 3 heterocycles. The quantitative estimate of drug-likeness (QED) is 0.678. The van der Waals surface area contributed by atoms with Gasteiger partial charge in [0.05, 0.1) is 24.3 Å². The predicted octanol–water partition coefficient (Wildman–Crippen LogP) is -0.489. The molecule has 3 rings (SSSR count). The van der Waals surface area contributed by atoms with Crippen LogP contribution in [-0.4, -0.2) is 79.0 Å². The molecule has 0 saturated carbocycles. The van der Waals surface area contributed by atoms with Crippen molar-refractivity contribution < 1.29 is 22.8 Å². The molecule has 12 heteroatoms. The number of piperazine rings is 1. The van der Waals surface area contributed by atoms with Crippen molar-refractivity contribution in [3.8, 4) is 0 Å². The summed E-state index contributed by atoms with van der Waals surface area (Å²) in [7, 11) is -3.24. The number of aliphatic imine (C=N–C) groups is 1. The summed E-state index contributed by atoms with van der Waals surface area (Å²) in [5.41, 5.74) is 0.527. The fourth-order valence-corrected chi connectivity index (χ4v) is 4.30. The van der Waals surface area contributed by atoms with E-state index in [2.05, 4.69) is 15.3 Å². The Morgan fingerprint density at radius 2 is 2.00 bits per heavy atom. The van der Waals surface area contributed by atoms with Crippen molar-refractivity contribution in [1.29, 1.82) is 0 Å². The van der Waals surface area contributed by atoms with Gasteiger partial charge in [-0.05, 0) is 0 Å². The fourth-order valence-electron chi connectivity index (χ4n) is 2.76. The van der Waals surface area contributed by atoms with Crippen molar-refractivity contribution >= 4 is 50.4 Å². The molecule has 10 nitrogen and oxygen atoms in total. The first-order valence-corrected chi connectivity index (χ1v) is 11.2. The lowest BCUT2D eigenvalue weighted by molar-refractivity contribution is -0.131. The summed E-state index contributed by atoms with van der Waals surface area (Å²) < 4.78 is 24.4. The van der Waals surface area contributed by atoms with E-state index in [1.54, 1.807) is 10.3 Å². The number of anilines is 1. The number of dihydropyridines is 1. The third kappa shape index (κ3) is 5.09. The minimum atomic E-state index is -3.24. The average Bonchev–Trinajstić information content (AvgIpc) is 3.08. The highest BCUT2D eigenvalue weighted by molar-refractivity contribution is 7.88. The predicted molar refractivity (Wildman–Crippen MR) is 104 cm³/mol. The molecule has 0 aliphatic carbocycles. The van der Waals surface area contributed by atoms with Crippen molar-refractivity contribution in [2.24, 2.45) is 10.9 Å². The van der Waals surface area contributed by atoms with Crippen LogP contribution in [0, 0.1) is 5.92 Å². The normalized spacial score (nSPS) is 20.4. The van der Waals surface area contributed by atoms with Gasteiger partial charge in [0.25, 0.3) is 5.91 Å². The van der Waals surface area contributed by atoms with Crippen LogP contribution in [0.15, 0.2) is 22.5 Å². The molecule has 1 atom stereocenters. The summed E-state index contributed by atoms with van der Waals surface area (Å²) in [4.78, 5) is 45.0. The van der Waals surface area contributed by atoms with Crippen molar-refractivity contribution in [1.82, 2.24) is 14.2 Å². The smallest absolute Gasteiger partial charge is 0.269 e. The van der Waals surface area contributed by atoms with Crippen molar-refractivity contribution in [2.45, 2.75) is 6.42 Å². The molecule has 0 aromatic carbocycles. The maximum atomic E-state index is 12.4. The first-order valence-electron chi connectivity index (χ1n) is 8.47. The maximum Gasteiger partial charge on any atom is 0.269 e. The Morgan fingerprint density at radius 3 is 2.61 bits per heavy atom. The van der Waals surface area contributed by atoms with Gasteiger partial charge in [0.2, 0.25) is 21.8 Å². The second-order valence-corrected chi connectivity index (χ2v) is 9.19. The van der Waals surface area contributed by atoms with E-state index in [1.165, 1.54) is 34.0 Å². The Kier molecular flexibility index (Phi) is 6.01. The van der Waals surface area contributed by atoms with Gasteiger partial charge in [-0.3, -0.25) is 14.4 Å². The molecular formula is C16H19N5O5S2. The SMILES string of the molecule is CS(=O)(=O)N1CCN(C(=O)Cc2csc(NC(=O)C3C=CC(=O)N=C3)n2)CC1. The van der Waals surface area contributed by atoms with E-state index < -0.39 is 21.8 Å². The van der Waals surface area contributed by atoms with E-state index in [9.17, 15) is 22.8 Å². The van der Waals surface area contributed by atoms with Gasteiger partial charge >= 0.3 is 0 Å². The number of sulfonamides is 1. The Labute approximate surface area is 166 Å². The van der Waals surface area contributed by atoms with Crippen LogP contribution in [0.3, 0.4) is 0 Å². The van der Waals surface area contributed by atoms with Crippen LogP contribution in [0.4, 0.5) is 5.13 Å². The van der Waals surface area contributed by atoms with Crippen LogP contribution in [-0.2, 0) is 30.8 Å². The molecule has 1 saturated heterocycles. The summed E-state index contributed by atoms with van der Waals surface area (Å²) in [5, 5.41) is 4.68. The molecular weight excluding hydrogens is 406 g/mol. The molecule has 1 fully saturated rings. The highest BCUT2D eigenvalue weighted by Crippen LogP contribution is 2.18. The van der Waals surface area contributed by atoms with E-state index in [0.717, 1.165) is 6.26 Å². The molecule has 1 N–H and O–H groups in total. The summed E-state index contributed by atoms with van der Waals surface area (Å²) in [6, 6.07) is 0. The Morgan fingerprint density at radius 1 is 1.29 bits per heavy atom. The van der Waals surface area contributed by atoms with Crippen molar-refractivity contribution in [3.05, 3.63) is 23.2 Å². The Balaban J connectivity index is 1.51. The average molecular weight is 425 g/mol. The molecule has 0 spiro atoms. The molecule has 28 heavy (non-hydrogen) atoms. The molecule has 2 aliphatic rings. The van der Waals surface area contributed by atoms with Crippen LogP contribution >= 0.6 is 11.3 Å². The molecule has 150 valence electrons. The number of thiazole rings is 1. The van der Waals surface area contributed by atoms with E-state index in [4.69, 9.17) is 0 Å². The van der Waals surface area contributed by atoms with Crippen LogP contribution in [0.5, 0.6) is 0 Å². The van der Waals surface area contributed by atoms with E-state index in [1.807, 2.05) is 0 Å². The number of aromatic nitrogens is 1. The van der Waals surface area contributed by atoms with Gasteiger partial charge < -0.3 is 10.2 Å². The largest absolute Gasteiger partial charge is 0.340 e. The molecule has 1 unspecified atom stereocenters. The van der Waals surface area contributed by atoms with Crippen molar-refractivity contribution in [3.63, 3.8) is 0 Å². The zero-order valence-corrected chi connectivity index (χ0v) is 16.7. The molecule has 0 radical (unpaired) electrons. The lowest BCUT2D eigenvalue weighted by Gasteiger charge is -2.33. The molecule has 2 aliphatic heterocycles. The molecule has 1 aromatic heterocycles. The van der Waals surface area contributed by atoms with Gasteiger partial charge in [-0.15, -0.1) is 11.3 Å². The third-order valence-electron chi connectivity index (χ3n) is 4.29. The number of rotatable bonds is 5. The zero-order chi connectivity index (χ0) is 20.3. The highest BCUT2D eigenvalue weighted by Gasteiger charge is 2.26. The van der Waals surface area contributed by atoms with E-state index >= 15 is 0 Å². The lowest BCUT2D eigenvalue weighted by atomic mass is 10.1. The van der Waals surface area contributed by atoms with Crippen LogP contribution in [0.1, 0.15) is 5.69 Å². The summed E-state index contributed by atoms with van der Waals surface area (Å²) in [6.07, 6.45) is 5.19. The van der Waals surface area contributed by atoms with E-state index in [-0.39, 0.29) is 31.3 Å². The Hall–Kier alpha value is -2.44. The maximum absolute atomic E-state index is 12.4. The first-order chi connectivity index (χ1) is 13.2. The number of nitrogens with one attached hydrogen (secondary N) is 1. The summed E-state index contributed by atoms with van der Waals surface area (Å²) in [6.45, 7) is 1.24. The van der Waals surface area contributed by atoms with Crippen LogP contribution in [0.2, 0.25) is 0 Å². The topological polar surface area (TPSA) is 129 Å². The number of carbonyl (C=O) groups is 3. The number of hydrogen-bond acceptors (Lipinski definition) is 7. The minimum absolute atomic E-state index is 0.0739. The fraction of sp³-hybridized carbons (Fsp3) is 0.438. The van der Waals surface area contributed by atoms with Gasteiger partial charge in [-0.1, -0.05) is 6.08 Å². The van der Waals surface area contributed by atoms with Gasteiger partial charge in [0, 0.05) is 43.8 Å². The van der Waals surface area contributed by atoms with Gasteiger partial charge in [-0.2, -0.15) is 4.31 Å². The monoisotopic (exact) mass is 425 g/mol. The lowest BCUT2D eigenvalue weighted by Crippen LogP contribution is -2.50. The first kappa shape index (κ1) is 20.3. The van der Waals surface area contributed by atoms with Gasteiger partial charge in [0.15, 0.2) is 5.13 Å². The van der Waals surface area contributed by atoms with Gasteiger partial charge in [0.1, 0.15) is 0 Å². The van der Waals surface area contributed by atoms with Crippen molar-refractivity contribution in [2.75, 3.05) is 37.8 Å². The Bertz CT molecular complexity index is 928. The van der Waals surface area contributed by atoms with Crippen LogP contribution in [0.25, 0.3) is 0 Å². The molecule has 1 aromatic rings. The number of carbonyl (C=O) groups excluding carboxylic acids is 3. The highest BCUT2D eigenvalue weighted by atomic mass is 32.2. The molecule has 3 amide bonds. The second kappa shape index (κ2) is 8.29. The summed E-state index contributed by atoms with van der Waals surface area (Å²) >= 11 is 1.20. The minimum Gasteiger partial charge on any atom is -0.340 e. The second-order valence-electron chi connectivity index (χ2n) is 6.35.